The second-order valence-corrected chi connectivity index (χ2v) is 6.96. The fraction of sp³-hybridized carbons (Fsp3) is 0.923. The van der Waals surface area contributed by atoms with Crippen molar-refractivity contribution in [1.82, 2.24) is 0 Å². The average molecular weight is 223 g/mol. The van der Waals surface area contributed by atoms with E-state index >= 15 is 0 Å². The van der Waals surface area contributed by atoms with Gasteiger partial charge in [-0.25, -0.2) is 0 Å². The summed E-state index contributed by atoms with van der Waals surface area (Å²) < 4.78 is 0. The van der Waals surface area contributed by atoms with E-state index in [1.165, 1.54) is 37.1 Å². The number of nitrogens with zero attached hydrogens (tertiary/aromatic N) is 1. The average Bonchev–Trinajstić information content (AvgIpc) is 2.55. The predicted molar refractivity (Wildman–Crippen MR) is 67.5 cm³/mol. The van der Waals surface area contributed by atoms with E-state index in [4.69, 9.17) is 4.99 Å². The Morgan fingerprint density at radius 1 is 1.27 bits per heavy atom. The van der Waals surface area contributed by atoms with Gasteiger partial charge in [0.05, 0.1) is 10.6 Å². The molecule has 2 heteroatoms. The molecule has 2 aliphatic carbocycles. The minimum absolute atomic E-state index is 0.403. The van der Waals surface area contributed by atoms with Crippen LogP contribution in [-0.2, 0) is 0 Å². The van der Waals surface area contributed by atoms with Crippen LogP contribution < -0.4 is 0 Å². The molecule has 84 valence electrons. The molecule has 0 aromatic rings. The van der Waals surface area contributed by atoms with E-state index in [9.17, 15) is 0 Å². The smallest absolute Gasteiger partial charge is 0.0688 e. The van der Waals surface area contributed by atoms with Gasteiger partial charge in [0.2, 0.25) is 0 Å². The van der Waals surface area contributed by atoms with Crippen LogP contribution >= 0.6 is 11.8 Å². The Morgan fingerprint density at radius 3 is 2.80 bits per heavy atom. The normalized spacial score (nSPS) is 46.5. The van der Waals surface area contributed by atoms with Crippen LogP contribution in [0.3, 0.4) is 0 Å². The van der Waals surface area contributed by atoms with Gasteiger partial charge < -0.3 is 0 Å². The molecule has 2 fully saturated rings. The van der Waals surface area contributed by atoms with Crippen molar-refractivity contribution >= 4 is 16.8 Å². The van der Waals surface area contributed by atoms with Crippen LogP contribution in [0, 0.1) is 17.3 Å². The van der Waals surface area contributed by atoms with Crippen LogP contribution in [0.2, 0.25) is 0 Å². The molecule has 0 saturated heterocycles. The molecule has 3 aliphatic rings. The van der Waals surface area contributed by atoms with Gasteiger partial charge >= 0.3 is 0 Å². The summed E-state index contributed by atoms with van der Waals surface area (Å²) in [5.74, 6) is 1.74. The molecule has 0 radical (unpaired) electrons. The molecule has 1 aliphatic heterocycles. The van der Waals surface area contributed by atoms with Crippen molar-refractivity contribution in [2.24, 2.45) is 22.2 Å². The lowest BCUT2D eigenvalue weighted by atomic mass is 9.41. The van der Waals surface area contributed by atoms with Crippen molar-refractivity contribution in [3.63, 3.8) is 0 Å². The molecule has 0 amide bonds. The molecular formula is C13H21NS. The fourth-order valence-electron chi connectivity index (χ4n) is 4.64. The van der Waals surface area contributed by atoms with E-state index in [1.54, 1.807) is 0 Å². The van der Waals surface area contributed by atoms with Crippen LogP contribution in [0.4, 0.5) is 0 Å². The molecule has 3 atom stereocenters. The number of aliphatic imine (C=N–C) groups is 1. The highest BCUT2D eigenvalue weighted by Crippen LogP contribution is 2.69. The number of hydrogen-bond donors (Lipinski definition) is 0. The third-order valence-corrected chi connectivity index (χ3v) is 6.00. The molecule has 0 N–H and O–H groups in total. The molecule has 1 spiro atoms. The Bertz CT molecular complexity index is 320. The number of thioether (sulfide) groups is 1. The van der Waals surface area contributed by atoms with Gasteiger partial charge in [0.15, 0.2) is 0 Å². The van der Waals surface area contributed by atoms with Crippen molar-refractivity contribution in [3.05, 3.63) is 0 Å². The molecule has 0 bridgehead atoms. The summed E-state index contributed by atoms with van der Waals surface area (Å²) >= 11 is 1.88. The maximum Gasteiger partial charge on any atom is 0.0688 e. The zero-order chi connectivity index (χ0) is 10.7. The van der Waals surface area contributed by atoms with Gasteiger partial charge in [-0.05, 0) is 36.3 Å². The molecule has 0 aromatic carbocycles. The van der Waals surface area contributed by atoms with E-state index < -0.39 is 0 Å². The highest BCUT2D eigenvalue weighted by atomic mass is 32.2. The standard InChI is InChI=1S/C13H21NS/c1-12(2)9-6-4-5-7-13(9)10(12)8-11(14-13)15-3/h9-10H,4-8H2,1-3H3. The quantitative estimate of drug-likeness (QED) is 0.609. The molecular weight excluding hydrogens is 202 g/mol. The largest absolute Gasteiger partial charge is 0.276 e. The molecule has 0 aromatic heterocycles. The highest BCUT2D eigenvalue weighted by molar-refractivity contribution is 8.13. The van der Waals surface area contributed by atoms with Gasteiger partial charge in [-0.1, -0.05) is 26.7 Å². The predicted octanol–water partition coefficient (Wildman–Crippen LogP) is 3.74. The van der Waals surface area contributed by atoms with Crippen LogP contribution in [0.15, 0.2) is 4.99 Å². The van der Waals surface area contributed by atoms with Gasteiger partial charge in [-0.3, -0.25) is 4.99 Å². The summed E-state index contributed by atoms with van der Waals surface area (Å²) in [4.78, 5) is 5.10. The zero-order valence-electron chi connectivity index (χ0n) is 10.0. The van der Waals surface area contributed by atoms with Crippen molar-refractivity contribution in [2.75, 3.05) is 6.26 Å². The molecule has 1 nitrogen and oxygen atoms in total. The topological polar surface area (TPSA) is 12.4 Å². The Balaban J connectivity index is 1.96. The molecule has 1 heterocycles. The first-order valence-electron chi connectivity index (χ1n) is 6.24. The third kappa shape index (κ3) is 1.09. The fourth-order valence-corrected chi connectivity index (χ4v) is 5.23. The zero-order valence-corrected chi connectivity index (χ0v) is 10.9. The summed E-state index contributed by atoms with van der Waals surface area (Å²) in [7, 11) is 0. The molecule has 15 heavy (non-hydrogen) atoms. The molecule has 3 rings (SSSR count). The van der Waals surface area contributed by atoms with E-state index in [-0.39, 0.29) is 0 Å². The van der Waals surface area contributed by atoms with Gasteiger partial charge in [0.25, 0.3) is 0 Å². The second kappa shape index (κ2) is 3.03. The monoisotopic (exact) mass is 223 g/mol. The summed E-state index contributed by atoms with van der Waals surface area (Å²) in [6.07, 6.45) is 9.10. The van der Waals surface area contributed by atoms with Gasteiger partial charge in [-0.15, -0.1) is 11.8 Å². The Morgan fingerprint density at radius 2 is 2.07 bits per heavy atom. The van der Waals surface area contributed by atoms with Gasteiger partial charge in [0, 0.05) is 6.42 Å². The van der Waals surface area contributed by atoms with E-state index in [0.717, 1.165) is 11.8 Å². The second-order valence-electron chi connectivity index (χ2n) is 6.08. The molecule has 3 unspecified atom stereocenters. The third-order valence-electron chi connectivity index (χ3n) is 5.27. The van der Waals surface area contributed by atoms with Crippen LogP contribution in [0.25, 0.3) is 0 Å². The van der Waals surface area contributed by atoms with Crippen molar-refractivity contribution < 1.29 is 0 Å². The van der Waals surface area contributed by atoms with Crippen LogP contribution in [0.1, 0.15) is 46.0 Å². The SMILES string of the molecule is CSC1=NC23CCCCC2C(C)(C)C3C1. The first-order chi connectivity index (χ1) is 7.11. The van der Waals surface area contributed by atoms with Crippen molar-refractivity contribution in [3.8, 4) is 0 Å². The number of hydrogen-bond acceptors (Lipinski definition) is 2. The lowest BCUT2D eigenvalue weighted by molar-refractivity contribution is -0.128. The maximum absolute atomic E-state index is 5.10. The van der Waals surface area contributed by atoms with E-state index in [0.29, 0.717) is 11.0 Å². The Labute approximate surface area is 97.1 Å². The maximum atomic E-state index is 5.10. The first-order valence-corrected chi connectivity index (χ1v) is 7.46. The minimum Gasteiger partial charge on any atom is -0.276 e. The lowest BCUT2D eigenvalue weighted by Crippen LogP contribution is -2.65. The molecule has 2 saturated carbocycles. The Kier molecular flexibility index (Phi) is 2.06. The summed E-state index contributed by atoms with van der Waals surface area (Å²) in [6, 6.07) is 0. The van der Waals surface area contributed by atoms with E-state index in [1.807, 2.05) is 11.8 Å². The van der Waals surface area contributed by atoms with Gasteiger partial charge in [0.1, 0.15) is 0 Å². The Hall–Kier alpha value is 0.0200. The van der Waals surface area contributed by atoms with Crippen molar-refractivity contribution in [2.45, 2.75) is 51.5 Å². The highest BCUT2D eigenvalue weighted by Gasteiger charge is 2.68. The summed E-state index contributed by atoms with van der Waals surface area (Å²) in [5.41, 5.74) is 0.960. The minimum atomic E-state index is 0.403. The van der Waals surface area contributed by atoms with Crippen molar-refractivity contribution in [1.29, 1.82) is 0 Å². The summed E-state index contributed by atoms with van der Waals surface area (Å²) in [6.45, 7) is 4.95. The van der Waals surface area contributed by atoms with Gasteiger partial charge in [-0.2, -0.15) is 0 Å². The first kappa shape index (κ1) is 10.2. The van der Waals surface area contributed by atoms with Crippen LogP contribution in [-0.4, -0.2) is 16.8 Å². The van der Waals surface area contributed by atoms with E-state index in [2.05, 4.69) is 20.1 Å². The number of rotatable bonds is 0. The lowest BCUT2D eigenvalue weighted by Gasteiger charge is -2.65. The summed E-state index contributed by atoms with van der Waals surface area (Å²) in [5, 5.41) is 1.43. The van der Waals surface area contributed by atoms with Crippen LogP contribution in [0.5, 0.6) is 0 Å².